The number of likely N-dealkylation sites (tertiary alicyclic amines) is 1. The normalized spacial score (nSPS) is 15.7. The van der Waals surface area contributed by atoms with E-state index >= 15 is 0 Å². The largest absolute Gasteiger partial charge is 0.497 e. The zero-order valence-corrected chi connectivity index (χ0v) is 18.4. The Hall–Kier alpha value is -3.19. The van der Waals surface area contributed by atoms with Crippen molar-refractivity contribution in [3.05, 3.63) is 65.0 Å². The topological polar surface area (TPSA) is 71.5 Å². The molecule has 0 saturated carbocycles. The maximum absolute atomic E-state index is 13.0. The van der Waals surface area contributed by atoms with Gasteiger partial charge in [-0.25, -0.2) is 4.98 Å². The molecule has 0 radical (unpaired) electrons. The fourth-order valence-electron chi connectivity index (χ4n) is 3.87. The summed E-state index contributed by atoms with van der Waals surface area (Å²) in [5, 5.41) is 3.49. The summed E-state index contributed by atoms with van der Waals surface area (Å²) in [4.78, 5) is 33.1. The maximum atomic E-state index is 13.0. The second-order valence-electron chi connectivity index (χ2n) is 7.55. The number of ether oxygens (including phenoxy) is 1. The summed E-state index contributed by atoms with van der Waals surface area (Å²) in [7, 11) is 1.63. The van der Waals surface area contributed by atoms with Crippen molar-refractivity contribution < 1.29 is 14.3 Å². The molecule has 6 nitrogen and oxygen atoms in total. The van der Waals surface area contributed by atoms with Gasteiger partial charge in [0.1, 0.15) is 11.8 Å². The summed E-state index contributed by atoms with van der Waals surface area (Å²) < 4.78 is 5.21. The molecule has 160 valence electrons. The minimum absolute atomic E-state index is 0.0157. The van der Waals surface area contributed by atoms with E-state index in [2.05, 4.69) is 10.3 Å². The summed E-state index contributed by atoms with van der Waals surface area (Å²) in [5.74, 6) is 0.596. The monoisotopic (exact) mass is 435 g/mol. The second-order valence-corrected chi connectivity index (χ2v) is 8.75. The van der Waals surface area contributed by atoms with Crippen molar-refractivity contribution in [2.45, 2.75) is 32.2 Å². The van der Waals surface area contributed by atoms with Gasteiger partial charge in [-0.15, -0.1) is 11.3 Å². The van der Waals surface area contributed by atoms with E-state index in [0.29, 0.717) is 24.5 Å². The molecule has 1 aromatic heterocycles. The van der Waals surface area contributed by atoms with Crippen molar-refractivity contribution in [3.63, 3.8) is 0 Å². The van der Waals surface area contributed by atoms with Gasteiger partial charge >= 0.3 is 0 Å². The fourth-order valence-corrected chi connectivity index (χ4v) is 4.70. The molecule has 2 heterocycles. The minimum Gasteiger partial charge on any atom is -0.497 e. The van der Waals surface area contributed by atoms with Crippen LogP contribution in [0.5, 0.6) is 5.75 Å². The number of nitrogens with zero attached hydrogens (tertiary/aromatic N) is 2. The van der Waals surface area contributed by atoms with Crippen LogP contribution in [0.4, 0.5) is 5.13 Å². The quantitative estimate of drug-likeness (QED) is 0.627. The van der Waals surface area contributed by atoms with E-state index in [1.54, 1.807) is 12.0 Å². The van der Waals surface area contributed by atoms with Gasteiger partial charge in [0.2, 0.25) is 11.8 Å². The van der Waals surface area contributed by atoms with E-state index in [1.165, 1.54) is 11.3 Å². The van der Waals surface area contributed by atoms with E-state index in [4.69, 9.17) is 4.74 Å². The molecular weight excluding hydrogens is 410 g/mol. The number of amides is 2. The van der Waals surface area contributed by atoms with E-state index in [9.17, 15) is 9.59 Å². The number of aromatic nitrogens is 1. The van der Waals surface area contributed by atoms with E-state index in [-0.39, 0.29) is 11.8 Å². The number of thiazole rings is 1. The summed E-state index contributed by atoms with van der Waals surface area (Å²) >= 11 is 1.44. The standard InChI is InChI=1S/C24H25N3O3S/c1-16-22(18-10-12-19(30-2)13-11-18)25-24(31-16)26-23(29)20-9-6-14-27(20)21(28)15-17-7-4-3-5-8-17/h3-5,7-8,10-13,20H,6,9,14-15H2,1-2H3,(H,25,26,29). The van der Waals surface area contributed by atoms with Crippen molar-refractivity contribution in [2.75, 3.05) is 19.0 Å². The SMILES string of the molecule is COc1ccc(-c2nc(NC(=O)C3CCCN3C(=O)Cc3ccccc3)sc2C)cc1. The molecule has 0 aliphatic carbocycles. The molecule has 1 unspecified atom stereocenters. The molecule has 1 N–H and O–H groups in total. The molecule has 2 aromatic carbocycles. The van der Waals surface area contributed by atoms with Gasteiger partial charge in [-0.2, -0.15) is 0 Å². The van der Waals surface area contributed by atoms with Crippen molar-refractivity contribution in [1.29, 1.82) is 0 Å². The molecule has 3 aromatic rings. The number of hydrogen-bond acceptors (Lipinski definition) is 5. The Balaban J connectivity index is 1.44. The van der Waals surface area contributed by atoms with Crippen molar-refractivity contribution in [2.24, 2.45) is 0 Å². The molecule has 1 saturated heterocycles. The lowest BCUT2D eigenvalue weighted by Gasteiger charge is -2.23. The third kappa shape index (κ3) is 4.77. The number of methoxy groups -OCH3 is 1. The molecule has 4 rings (SSSR count). The third-order valence-electron chi connectivity index (χ3n) is 5.46. The molecule has 0 spiro atoms. The van der Waals surface area contributed by atoms with Gasteiger partial charge in [0, 0.05) is 17.0 Å². The molecular formula is C24H25N3O3S. The highest BCUT2D eigenvalue weighted by Crippen LogP contribution is 2.32. The van der Waals surface area contributed by atoms with Gasteiger partial charge in [-0.05, 0) is 49.6 Å². The van der Waals surface area contributed by atoms with Crippen LogP contribution >= 0.6 is 11.3 Å². The van der Waals surface area contributed by atoms with E-state index in [1.807, 2.05) is 61.5 Å². The number of anilines is 1. The van der Waals surface area contributed by atoms with Crippen molar-refractivity contribution >= 4 is 28.3 Å². The second kappa shape index (κ2) is 9.31. The first-order valence-corrected chi connectivity index (χ1v) is 11.1. The number of hydrogen-bond donors (Lipinski definition) is 1. The molecule has 1 aliphatic heterocycles. The number of carbonyl (C=O) groups is 2. The van der Waals surface area contributed by atoms with Gasteiger partial charge in [0.05, 0.1) is 19.2 Å². The van der Waals surface area contributed by atoms with Crippen LogP contribution < -0.4 is 10.1 Å². The fraction of sp³-hybridized carbons (Fsp3) is 0.292. The summed E-state index contributed by atoms with van der Waals surface area (Å²) in [6.45, 7) is 2.59. The Morgan fingerprint density at radius 3 is 2.61 bits per heavy atom. The highest BCUT2D eigenvalue weighted by Gasteiger charge is 2.34. The summed E-state index contributed by atoms with van der Waals surface area (Å²) in [5.41, 5.74) is 2.76. The first-order valence-electron chi connectivity index (χ1n) is 10.3. The van der Waals surface area contributed by atoms with Crippen LogP contribution in [0, 0.1) is 6.92 Å². The van der Waals surface area contributed by atoms with Gasteiger partial charge in [-0.3, -0.25) is 9.59 Å². The van der Waals surface area contributed by atoms with Gasteiger partial charge < -0.3 is 15.0 Å². The lowest BCUT2D eigenvalue weighted by molar-refractivity contribution is -0.136. The molecule has 1 atom stereocenters. The van der Waals surface area contributed by atoms with Crippen LogP contribution in [-0.2, 0) is 16.0 Å². The summed E-state index contributed by atoms with van der Waals surface area (Å²) in [6, 6.07) is 16.9. The average Bonchev–Trinajstić information content (AvgIpc) is 3.41. The van der Waals surface area contributed by atoms with Crippen LogP contribution in [0.2, 0.25) is 0 Å². The Morgan fingerprint density at radius 2 is 1.90 bits per heavy atom. The minimum atomic E-state index is -0.454. The maximum Gasteiger partial charge on any atom is 0.248 e. The number of aryl methyl sites for hydroxylation is 1. The van der Waals surface area contributed by atoms with E-state index in [0.717, 1.165) is 33.9 Å². The smallest absolute Gasteiger partial charge is 0.248 e. The van der Waals surface area contributed by atoms with Crippen LogP contribution in [-0.4, -0.2) is 41.4 Å². The number of nitrogens with one attached hydrogen (secondary N) is 1. The van der Waals surface area contributed by atoms with Crippen LogP contribution in [0.15, 0.2) is 54.6 Å². The van der Waals surface area contributed by atoms with Gasteiger partial charge in [0.25, 0.3) is 0 Å². The highest BCUT2D eigenvalue weighted by atomic mass is 32.1. The van der Waals surface area contributed by atoms with E-state index < -0.39 is 6.04 Å². The number of rotatable bonds is 6. The average molecular weight is 436 g/mol. The molecule has 31 heavy (non-hydrogen) atoms. The first-order chi connectivity index (χ1) is 15.0. The number of carbonyl (C=O) groups excluding carboxylic acids is 2. The van der Waals surface area contributed by atoms with Crippen LogP contribution in [0.3, 0.4) is 0 Å². The third-order valence-corrected chi connectivity index (χ3v) is 6.35. The lowest BCUT2D eigenvalue weighted by atomic mass is 10.1. The molecule has 1 fully saturated rings. The molecule has 0 bridgehead atoms. The van der Waals surface area contributed by atoms with Crippen molar-refractivity contribution in [1.82, 2.24) is 9.88 Å². The lowest BCUT2D eigenvalue weighted by Crippen LogP contribution is -2.43. The van der Waals surface area contributed by atoms with Crippen molar-refractivity contribution in [3.8, 4) is 17.0 Å². The molecule has 2 amide bonds. The van der Waals surface area contributed by atoms with Gasteiger partial charge in [0.15, 0.2) is 5.13 Å². The van der Waals surface area contributed by atoms with Crippen LogP contribution in [0.1, 0.15) is 23.3 Å². The first kappa shape index (κ1) is 21.1. The zero-order chi connectivity index (χ0) is 21.8. The Morgan fingerprint density at radius 1 is 1.16 bits per heavy atom. The Bertz CT molecular complexity index is 1060. The Labute approximate surface area is 185 Å². The molecule has 7 heteroatoms. The zero-order valence-electron chi connectivity index (χ0n) is 17.6. The van der Waals surface area contributed by atoms with Gasteiger partial charge in [-0.1, -0.05) is 30.3 Å². The predicted molar refractivity (Wildman–Crippen MR) is 122 cm³/mol. The number of benzene rings is 2. The molecule has 1 aliphatic rings. The highest BCUT2D eigenvalue weighted by molar-refractivity contribution is 7.16. The predicted octanol–water partition coefficient (Wildman–Crippen LogP) is 4.30. The Kier molecular flexibility index (Phi) is 6.32. The van der Waals surface area contributed by atoms with Crippen LogP contribution in [0.25, 0.3) is 11.3 Å². The summed E-state index contributed by atoms with van der Waals surface area (Å²) in [6.07, 6.45) is 1.80.